The van der Waals surface area contributed by atoms with Gasteiger partial charge in [0.15, 0.2) is 0 Å². The second-order valence-corrected chi connectivity index (χ2v) is 6.41. The number of hydrogen-bond acceptors (Lipinski definition) is 1. The molecular formula is C13H7Br2Cl2NO. The van der Waals surface area contributed by atoms with Gasteiger partial charge < -0.3 is 5.32 Å². The molecule has 1 amide bonds. The van der Waals surface area contributed by atoms with E-state index in [0.29, 0.717) is 21.3 Å². The van der Waals surface area contributed by atoms with E-state index in [2.05, 4.69) is 37.2 Å². The highest BCUT2D eigenvalue weighted by Gasteiger charge is 2.10. The SMILES string of the molecule is O=C(Nc1ccc(Cl)cc1Cl)c1cc(Br)cc(Br)c1. The molecule has 0 aliphatic rings. The van der Waals surface area contributed by atoms with Crippen LogP contribution in [-0.4, -0.2) is 5.91 Å². The smallest absolute Gasteiger partial charge is 0.255 e. The first-order valence-electron chi connectivity index (χ1n) is 5.18. The van der Waals surface area contributed by atoms with Crippen molar-refractivity contribution < 1.29 is 4.79 Å². The number of carbonyl (C=O) groups is 1. The fraction of sp³-hybridized carbons (Fsp3) is 0. The molecule has 0 saturated heterocycles. The molecule has 6 heteroatoms. The van der Waals surface area contributed by atoms with Crippen LogP contribution in [0.5, 0.6) is 0 Å². The van der Waals surface area contributed by atoms with Crippen LogP contribution < -0.4 is 5.32 Å². The van der Waals surface area contributed by atoms with Crippen molar-refractivity contribution in [1.82, 2.24) is 0 Å². The second-order valence-electron chi connectivity index (χ2n) is 3.74. The van der Waals surface area contributed by atoms with E-state index in [9.17, 15) is 4.79 Å². The summed E-state index contributed by atoms with van der Waals surface area (Å²) in [6.45, 7) is 0. The molecule has 0 unspecified atom stereocenters. The van der Waals surface area contributed by atoms with E-state index in [-0.39, 0.29) is 5.91 Å². The lowest BCUT2D eigenvalue weighted by molar-refractivity contribution is 0.102. The molecule has 0 aliphatic carbocycles. The van der Waals surface area contributed by atoms with Gasteiger partial charge in [0.25, 0.3) is 5.91 Å². The van der Waals surface area contributed by atoms with Crippen molar-refractivity contribution in [3.8, 4) is 0 Å². The molecule has 0 saturated carbocycles. The summed E-state index contributed by atoms with van der Waals surface area (Å²) in [5.41, 5.74) is 1.04. The van der Waals surface area contributed by atoms with Crippen molar-refractivity contribution in [3.63, 3.8) is 0 Å². The zero-order chi connectivity index (χ0) is 14.0. The van der Waals surface area contributed by atoms with Crippen molar-refractivity contribution >= 4 is 66.7 Å². The van der Waals surface area contributed by atoms with Crippen LogP contribution in [0.4, 0.5) is 5.69 Å². The maximum Gasteiger partial charge on any atom is 0.255 e. The number of anilines is 1. The van der Waals surface area contributed by atoms with Crippen molar-refractivity contribution in [2.24, 2.45) is 0 Å². The highest BCUT2D eigenvalue weighted by Crippen LogP contribution is 2.26. The molecule has 2 aromatic carbocycles. The third kappa shape index (κ3) is 3.96. The maximum atomic E-state index is 12.1. The third-order valence-electron chi connectivity index (χ3n) is 2.30. The Hall–Kier alpha value is -0.550. The maximum absolute atomic E-state index is 12.1. The Labute approximate surface area is 137 Å². The van der Waals surface area contributed by atoms with Gasteiger partial charge in [-0.25, -0.2) is 0 Å². The summed E-state index contributed by atoms with van der Waals surface area (Å²) in [5, 5.41) is 3.66. The van der Waals surface area contributed by atoms with Crippen molar-refractivity contribution in [2.45, 2.75) is 0 Å². The molecule has 0 spiro atoms. The normalized spacial score (nSPS) is 10.3. The van der Waals surface area contributed by atoms with Gasteiger partial charge in [0, 0.05) is 19.5 Å². The van der Waals surface area contributed by atoms with Crippen LogP contribution in [0, 0.1) is 0 Å². The summed E-state index contributed by atoms with van der Waals surface area (Å²) in [4.78, 5) is 12.1. The Morgan fingerprint density at radius 2 is 1.63 bits per heavy atom. The zero-order valence-corrected chi connectivity index (χ0v) is 14.1. The molecule has 2 nitrogen and oxygen atoms in total. The van der Waals surface area contributed by atoms with Crippen molar-refractivity contribution in [1.29, 1.82) is 0 Å². The van der Waals surface area contributed by atoms with Crippen LogP contribution in [0.1, 0.15) is 10.4 Å². The van der Waals surface area contributed by atoms with Gasteiger partial charge in [-0.1, -0.05) is 55.1 Å². The molecule has 0 fully saturated rings. The molecule has 0 aromatic heterocycles. The van der Waals surface area contributed by atoms with E-state index in [0.717, 1.165) is 8.95 Å². The number of benzene rings is 2. The predicted molar refractivity (Wildman–Crippen MR) is 86.3 cm³/mol. The van der Waals surface area contributed by atoms with Gasteiger partial charge in [0.05, 0.1) is 10.7 Å². The summed E-state index contributed by atoms with van der Waals surface area (Å²) < 4.78 is 1.63. The molecule has 0 radical (unpaired) electrons. The lowest BCUT2D eigenvalue weighted by atomic mass is 10.2. The molecule has 1 N–H and O–H groups in total. The molecule has 0 atom stereocenters. The number of hydrogen-bond donors (Lipinski definition) is 1. The number of rotatable bonds is 2. The minimum atomic E-state index is -0.244. The summed E-state index contributed by atoms with van der Waals surface area (Å²) in [6, 6.07) is 10.2. The van der Waals surface area contributed by atoms with Gasteiger partial charge in [-0.15, -0.1) is 0 Å². The number of carbonyl (C=O) groups excluding carboxylic acids is 1. The molecule has 0 bridgehead atoms. The van der Waals surface area contributed by atoms with Crippen molar-refractivity contribution in [3.05, 3.63) is 61.0 Å². The number of halogens is 4. The number of nitrogens with one attached hydrogen (secondary N) is 1. The summed E-state index contributed by atoms with van der Waals surface area (Å²) >= 11 is 18.5. The molecule has 19 heavy (non-hydrogen) atoms. The minimum Gasteiger partial charge on any atom is -0.321 e. The van der Waals surface area contributed by atoms with Crippen LogP contribution in [0.3, 0.4) is 0 Å². The molecule has 2 aromatic rings. The first kappa shape index (κ1) is 14.9. The third-order valence-corrected chi connectivity index (χ3v) is 3.77. The van der Waals surface area contributed by atoms with E-state index in [1.54, 1.807) is 30.3 Å². The highest BCUT2D eigenvalue weighted by atomic mass is 79.9. The molecule has 98 valence electrons. The van der Waals surface area contributed by atoms with Gasteiger partial charge >= 0.3 is 0 Å². The Morgan fingerprint density at radius 3 is 2.21 bits per heavy atom. The molecule has 2 rings (SSSR count). The first-order chi connectivity index (χ1) is 8.95. The Morgan fingerprint density at radius 1 is 1.00 bits per heavy atom. The van der Waals surface area contributed by atoms with Crippen molar-refractivity contribution in [2.75, 3.05) is 5.32 Å². The van der Waals surface area contributed by atoms with Crippen LogP contribution >= 0.6 is 55.1 Å². The fourth-order valence-electron chi connectivity index (χ4n) is 1.47. The Bertz CT molecular complexity index is 626. The van der Waals surface area contributed by atoms with Gasteiger partial charge in [0.2, 0.25) is 0 Å². The van der Waals surface area contributed by atoms with E-state index >= 15 is 0 Å². The first-order valence-corrected chi connectivity index (χ1v) is 7.52. The fourth-order valence-corrected chi connectivity index (χ4v) is 3.22. The largest absolute Gasteiger partial charge is 0.321 e. The quantitative estimate of drug-likeness (QED) is 0.652. The van der Waals surface area contributed by atoms with Crippen LogP contribution in [0.25, 0.3) is 0 Å². The van der Waals surface area contributed by atoms with E-state index in [1.165, 1.54) is 0 Å². The topological polar surface area (TPSA) is 29.1 Å². The summed E-state index contributed by atoms with van der Waals surface area (Å²) in [6.07, 6.45) is 0. The summed E-state index contributed by atoms with van der Waals surface area (Å²) in [7, 11) is 0. The monoisotopic (exact) mass is 421 g/mol. The average molecular weight is 424 g/mol. The van der Waals surface area contributed by atoms with E-state index in [4.69, 9.17) is 23.2 Å². The van der Waals surface area contributed by atoms with Gasteiger partial charge in [-0.05, 0) is 36.4 Å². The highest BCUT2D eigenvalue weighted by molar-refractivity contribution is 9.11. The molecule has 0 heterocycles. The lowest BCUT2D eigenvalue weighted by Crippen LogP contribution is -2.12. The minimum absolute atomic E-state index is 0.244. The van der Waals surface area contributed by atoms with Gasteiger partial charge in [-0.2, -0.15) is 0 Å². The van der Waals surface area contributed by atoms with Gasteiger partial charge in [0.1, 0.15) is 0 Å². The standard InChI is InChI=1S/C13H7Br2Cl2NO/c14-8-3-7(4-9(15)5-8)13(19)18-12-2-1-10(16)6-11(12)17/h1-6H,(H,18,19). The predicted octanol–water partition coefficient (Wildman–Crippen LogP) is 5.77. The summed E-state index contributed by atoms with van der Waals surface area (Å²) in [5.74, 6) is -0.244. The lowest BCUT2D eigenvalue weighted by Gasteiger charge is -2.08. The van der Waals surface area contributed by atoms with Crippen LogP contribution in [0.15, 0.2) is 45.3 Å². The van der Waals surface area contributed by atoms with Gasteiger partial charge in [-0.3, -0.25) is 4.79 Å². The van der Waals surface area contributed by atoms with E-state index < -0.39 is 0 Å². The molecule has 0 aliphatic heterocycles. The number of amides is 1. The Balaban J connectivity index is 2.25. The average Bonchev–Trinajstić information content (AvgIpc) is 2.31. The Kier molecular flexibility index (Phi) is 4.90. The zero-order valence-electron chi connectivity index (χ0n) is 9.38. The van der Waals surface area contributed by atoms with Crippen LogP contribution in [0.2, 0.25) is 10.0 Å². The second kappa shape index (κ2) is 6.27. The van der Waals surface area contributed by atoms with E-state index in [1.807, 2.05) is 6.07 Å². The van der Waals surface area contributed by atoms with Crippen LogP contribution in [-0.2, 0) is 0 Å². The molecular weight excluding hydrogens is 417 g/mol.